The number of benzene rings is 1. The molecular weight excluding hydrogens is 300 g/mol. The first-order valence-electron chi connectivity index (χ1n) is 5.44. The van der Waals surface area contributed by atoms with Crippen LogP contribution in [0.5, 0.6) is 0 Å². The maximum Gasteiger partial charge on any atom is 0.270 e. The Morgan fingerprint density at radius 3 is 2.61 bits per heavy atom. The number of carbonyl (C=O) groups is 3. The van der Waals surface area contributed by atoms with E-state index in [1.165, 1.54) is 12.1 Å². The molecule has 0 aromatic heterocycles. The second-order valence-electron chi connectivity index (χ2n) is 3.93. The zero-order valence-electron chi connectivity index (χ0n) is 9.64. The molecule has 0 bridgehead atoms. The zero-order chi connectivity index (χ0) is 13.4. The molecule has 3 amide bonds. The Morgan fingerprint density at radius 2 is 2.06 bits per heavy atom. The molecule has 1 aromatic rings. The number of hydrogen-bond donors (Lipinski definition) is 1. The van der Waals surface area contributed by atoms with E-state index in [0.29, 0.717) is 11.3 Å². The highest BCUT2D eigenvalue weighted by molar-refractivity contribution is 9.10. The average molecular weight is 311 g/mol. The van der Waals surface area contributed by atoms with E-state index >= 15 is 0 Å². The van der Waals surface area contributed by atoms with E-state index < -0.39 is 22.5 Å². The normalized spacial score (nSPS) is 15.8. The summed E-state index contributed by atoms with van der Waals surface area (Å²) in [6.07, 6.45) is 0.488. The van der Waals surface area contributed by atoms with E-state index in [-0.39, 0.29) is 16.8 Å². The summed E-state index contributed by atoms with van der Waals surface area (Å²) in [5.74, 6) is -1.80. The standard InChI is InChI=1S/C12H11BrN2O3/c1-2-7(13)11(17)15-10(16)6-4-3-5-8(14)9(6)12(15)18/h3-5,7H,2,14H2,1H3. The van der Waals surface area contributed by atoms with E-state index in [1.807, 2.05) is 0 Å². The molecular formula is C12H11BrN2O3. The van der Waals surface area contributed by atoms with Gasteiger partial charge in [-0.1, -0.05) is 28.9 Å². The van der Waals surface area contributed by atoms with Crippen LogP contribution in [0.4, 0.5) is 5.69 Å². The quantitative estimate of drug-likeness (QED) is 0.511. The minimum atomic E-state index is -0.643. The van der Waals surface area contributed by atoms with Gasteiger partial charge in [-0.2, -0.15) is 0 Å². The van der Waals surface area contributed by atoms with Gasteiger partial charge in [0.2, 0.25) is 5.91 Å². The predicted octanol–water partition coefficient (Wildman–Crippen LogP) is 1.56. The van der Waals surface area contributed by atoms with Crippen LogP contribution >= 0.6 is 15.9 Å². The van der Waals surface area contributed by atoms with Gasteiger partial charge >= 0.3 is 0 Å². The average Bonchev–Trinajstić information content (AvgIpc) is 2.61. The Balaban J connectivity index is 2.47. The number of fused-ring (bicyclic) bond motifs is 1. The molecule has 0 aliphatic carbocycles. The van der Waals surface area contributed by atoms with Crippen molar-refractivity contribution in [3.05, 3.63) is 29.3 Å². The lowest BCUT2D eigenvalue weighted by molar-refractivity contribution is -0.125. The first-order chi connectivity index (χ1) is 8.49. The highest BCUT2D eigenvalue weighted by atomic mass is 79.9. The molecule has 5 nitrogen and oxygen atoms in total. The SMILES string of the molecule is CCC(Br)C(=O)N1C(=O)c2cccc(N)c2C1=O. The largest absolute Gasteiger partial charge is 0.398 e. The zero-order valence-corrected chi connectivity index (χ0v) is 11.2. The van der Waals surface area contributed by atoms with Crippen molar-refractivity contribution in [1.29, 1.82) is 0 Å². The molecule has 1 aliphatic heterocycles. The van der Waals surface area contributed by atoms with Crippen molar-refractivity contribution in [2.24, 2.45) is 0 Å². The third kappa shape index (κ3) is 1.73. The second kappa shape index (κ2) is 4.53. The van der Waals surface area contributed by atoms with Gasteiger partial charge in [-0.3, -0.25) is 14.4 Å². The summed E-state index contributed by atoms with van der Waals surface area (Å²) in [5.41, 5.74) is 6.19. The van der Waals surface area contributed by atoms with Gasteiger partial charge in [0.15, 0.2) is 0 Å². The number of hydrogen-bond acceptors (Lipinski definition) is 4. The molecule has 0 radical (unpaired) electrons. The summed E-state index contributed by atoms with van der Waals surface area (Å²) in [6.45, 7) is 1.78. The number of rotatable bonds is 2. The molecule has 1 heterocycles. The lowest BCUT2D eigenvalue weighted by Crippen LogP contribution is -2.40. The Hall–Kier alpha value is -1.69. The third-order valence-corrected chi connectivity index (χ3v) is 3.83. The number of alkyl halides is 1. The molecule has 2 rings (SSSR count). The summed E-state index contributed by atoms with van der Waals surface area (Å²) in [6, 6.07) is 4.61. The number of imide groups is 3. The highest BCUT2D eigenvalue weighted by Gasteiger charge is 2.42. The Labute approximate surface area is 112 Å². The van der Waals surface area contributed by atoms with Crippen LogP contribution in [0.3, 0.4) is 0 Å². The van der Waals surface area contributed by atoms with Gasteiger partial charge in [0, 0.05) is 5.69 Å². The van der Waals surface area contributed by atoms with E-state index in [0.717, 1.165) is 0 Å². The number of amides is 3. The van der Waals surface area contributed by atoms with Gasteiger partial charge < -0.3 is 5.73 Å². The summed E-state index contributed by atoms with van der Waals surface area (Å²) in [4.78, 5) is 36.2. The predicted molar refractivity (Wildman–Crippen MR) is 69.4 cm³/mol. The molecule has 0 saturated heterocycles. The molecule has 6 heteroatoms. The van der Waals surface area contributed by atoms with E-state index in [9.17, 15) is 14.4 Å². The van der Waals surface area contributed by atoms with Crippen molar-refractivity contribution >= 4 is 39.3 Å². The van der Waals surface area contributed by atoms with Crippen LogP contribution in [0, 0.1) is 0 Å². The number of nitrogen functional groups attached to an aromatic ring is 1. The van der Waals surface area contributed by atoms with Crippen molar-refractivity contribution in [2.75, 3.05) is 5.73 Å². The number of halogens is 1. The first-order valence-corrected chi connectivity index (χ1v) is 6.35. The van der Waals surface area contributed by atoms with Crippen LogP contribution in [0.25, 0.3) is 0 Å². The van der Waals surface area contributed by atoms with E-state index in [4.69, 9.17) is 5.73 Å². The molecule has 18 heavy (non-hydrogen) atoms. The van der Waals surface area contributed by atoms with Gasteiger partial charge in [-0.25, -0.2) is 4.90 Å². The maximum atomic E-state index is 12.1. The third-order valence-electron chi connectivity index (χ3n) is 2.79. The first kappa shape index (κ1) is 12.8. The molecule has 1 aliphatic rings. The molecule has 1 atom stereocenters. The topological polar surface area (TPSA) is 80.5 Å². The van der Waals surface area contributed by atoms with Gasteiger partial charge in [0.05, 0.1) is 16.0 Å². The van der Waals surface area contributed by atoms with Crippen LogP contribution in [0.1, 0.15) is 34.1 Å². The highest BCUT2D eigenvalue weighted by Crippen LogP contribution is 2.28. The fourth-order valence-corrected chi connectivity index (χ4v) is 2.03. The van der Waals surface area contributed by atoms with Crippen LogP contribution in [-0.4, -0.2) is 27.4 Å². The maximum absolute atomic E-state index is 12.1. The van der Waals surface area contributed by atoms with Crippen molar-refractivity contribution in [3.8, 4) is 0 Å². The summed E-state index contributed by atoms with van der Waals surface area (Å²) < 4.78 is 0. The molecule has 1 aromatic carbocycles. The molecule has 1 unspecified atom stereocenters. The fraction of sp³-hybridized carbons (Fsp3) is 0.250. The molecule has 0 fully saturated rings. The fourth-order valence-electron chi connectivity index (χ4n) is 1.83. The summed E-state index contributed by atoms with van der Waals surface area (Å²) in [7, 11) is 0. The van der Waals surface area contributed by atoms with Gasteiger partial charge in [0.25, 0.3) is 11.8 Å². The van der Waals surface area contributed by atoms with Crippen LogP contribution in [0.15, 0.2) is 18.2 Å². The molecule has 94 valence electrons. The van der Waals surface area contributed by atoms with E-state index in [1.54, 1.807) is 13.0 Å². The van der Waals surface area contributed by atoms with Gasteiger partial charge in [-0.05, 0) is 18.6 Å². The Bertz CT molecular complexity index is 556. The number of carbonyl (C=O) groups excluding carboxylic acids is 3. The number of nitrogens with two attached hydrogens (primary N) is 1. The lowest BCUT2D eigenvalue weighted by Gasteiger charge is -2.14. The number of nitrogens with zero attached hydrogens (tertiary/aromatic N) is 1. The van der Waals surface area contributed by atoms with Gasteiger partial charge in [0.1, 0.15) is 0 Å². The van der Waals surface area contributed by atoms with Crippen molar-refractivity contribution in [1.82, 2.24) is 4.90 Å². The molecule has 0 saturated carbocycles. The summed E-state index contributed by atoms with van der Waals surface area (Å²) >= 11 is 3.14. The second-order valence-corrected chi connectivity index (χ2v) is 5.03. The van der Waals surface area contributed by atoms with Crippen LogP contribution in [-0.2, 0) is 4.79 Å². The smallest absolute Gasteiger partial charge is 0.270 e. The van der Waals surface area contributed by atoms with Crippen molar-refractivity contribution in [3.63, 3.8) is 0 Å². The van der Waals surface area contributed by atoms with Crippen LogP contribution < -0.4 is 5.73 Å². The molecule has 0 spiro atoms. The van der Waals surface area contributed by atoms with Gasteiger partial charge in [-0.15, -0.1) is 0 Å². The minimum absolute atomic E-state index is 0.117. The lowest BCUT2D eigenvalue weighted by atomic mass is 10.1. The summed E-state index contributed by atoms with van der Waals surface area (Å²) in [5, 5.41) is 0. The molecule has 2 N–H and O–H groups in total. The Kier molecular flexibility index (Phi) is 3.21. The minimum Gasteiger partial charge on any atom is -0.398 e. The monoisotopic (exact) mass is 310 g/mol. The van der Waals surface area contributed by atoms with Crippen molar-refractivity contribution in [2.45, 2.75) is 18.2 Å². The van der Waals surface area contributed by atoms with Crippen LogP contribution in [0.2, 0.25) is 0 Å². The number of anilines is 1. The van der Waals surface area contributed by atoms with Crippen molar-refractivity contribution < 1.29 is 14.4 Å². The Morgan fingerprint density at radius 1 is 1.39 bits per heavy atom. The van der Waals surface area contributed by atoms with E-state index in [2.05, 4.69) is 15.9 Å².